The molecule has 1 N–H and O–H groups in total. The maximum Gasteiger partial charge on any atom is 0.290 e. The van der Waals surface area contributed by atoms with Gasteiger partial charge < -0.3 is 14.3 Å². The van der Waals surface area contributed by atoms with Gasteiger partial charge in [0.1, 0.15) is 43.3 Å². The minimum absolute atomic E-state index is 0.105. The summed E-state index contributed by atoms with van der Waals surface area (Å²) in [6, 6.07) is 18.1. The normalized spacial score (nSPS) is 21.1. The molecule has 0 bridgehead atoms. The number of amides is 2. The topological polar surface area (TPSA) is 73.9 Å². The molecule has 0 unspecified atom stereocenters. The molecule has 3 heterocycles. The summed E-state index contributed by atoms with van der Waals surface area (Å²) in [7, 11) is 0. The quantitative estimate of drug-likeness (QED) is 0.207. The zero-order valence-electron chi connectivity index (χ0n) is 26.2. The third-order valence-electron chi connectivity index (χ3n) is 9.28. The van der Waals surface area contributed by atoms with Gasteiger partial charge in [0.15, 0.2) is 5.75 Å². The van der Waals surface area contributed by atoms with Crippen LogP contribution in [-0.2, 0) is 11.4 Å². The molecule has 3 aliphatic rings. The van der Waals surface area contributed by atoms with Crippen molar-refractivity contribution in [2.24, 2.45) is 0 Å². The zero-order chi connectivity index (χ0) is 31.1. The van der Waals surface area contributed by atoms with E-state index in [1.165, 1.54) is 12.0 Å². The van der Waals surface area contributed by atoms with E-state index in [0.717, 1.165) is 89.3 Å². The Balaban J connectivity index is 1.29. The number of likely N-dealkylation sites (tertiary alicyclic amines) is 1. The van der Waals surface area contributed by atoms with Crippen LogP contribution in [-0.4, -0.2) is 41.0 Å². The fourth-order valence-corrected chi connectivity index (χ4v) is 7.44. The molecule has 0 saturated carbocycles. The van der Waals surface area contributed by atoms with Crippen LogP contribution in [0, 0.1) is 20.8 Å². The second-order valence-electron chi connectivity index (χ2n) is 12.7. The number of carbonyl (C=O) groups excluding carboxylic acids is 2. The molecule has 6 rings (SSSR count). The molecule has 1 atom stereocenters. The number of nitrogens with one attached hydrogen (secondary N) is 1. The highest BCUT2D eigenvalue weighted by Gasteiger charge is 2.50. The van der Waals surface area contributed by atoms with Gasteiger partial charge in [-0.05, 0) is 98.8 Å². The maximum atomic E-state index is 12.0. The van der Waals surface area contributed by atoms with E-state index in [2.05, 4.69) is 52.1 Å². The van der Waals surface area contributed by atoms with Gasteiger partial charge in [-0.2, -0.15) is 0 Å². The number of nitrogens with zero attached hydrogens (tertiary/aromatic N) is 1. The highest BCUT2D eigenvalue weighted by Crippen LogP contribution is 2.53. The standard InChI is InChI=1S/C36H40N2O5S/c1-23-24(2)33-31(25(3)32(23)41-22-27-12-8-6-9-13-27)29(36(4,5)42-33)21-38(18-10-7-11-19-38)43-28-16-14-26(15-17-28)20-30-34(39)37-35(40)44-30/h6,8-9,12-17,20,29H,7,10-11,18-19,21-22H2,1-5H3/p+1/t29-/m0/s1. The summed E-state index contributed by atoms with van der Waals surface area (Å²) >= 11 is 0.925. The number of fused-ring (bicyclic) bond motifs is 1. The molecule has 230 valence electrons. The molecule has 2 amide bonds. The van der Waals surface area contributed by atoms with Crippen LogP contribution in [0.2, 0.25) is 0 Å². The lowest BCUT2D eigenvalue weighted by atomic mass is 9.82. The lowest BCUT2D eigenvalue weighted by Crippen LogP contribution is -2.57. The predicted octanol–water partition coefficient (Wildman–Crippen LogP) is 7.76. The van der Waals surface area contributed by atoms with E-state index in [1.54, 1.807) is 6.08 Å². The first-order valence-electron chi connectivity index (χ1n) is 15.5. The van der Waals surface area contributed by atoms with Crippen molar-refractivity contribution in [2.45, 2.75) is 72.0 Å². The Hall–Kier alpha value is -3.75. The van der Waals surface area contributed by atoms with E-state index in [-0.39, 0.29) is 17.1 Å². The molecule has 7 nitrogen and oxygen atoms in total. The zero-order valence-corrected chi connectivity index (χ0v) is 27.0. The van der Waals surface area contributed by atoms with Gasteiger partial charge in [-0.15, -0.1) is 4.65 Å². The molecule has 3 aliphatic heterocycles. The van der Waals surface area contributed by atoms with E-state index >= 15 is 0 Å². The number of quaternary nitrogens is 1. The van der Waals surface area contributed by atoms with Crippen LogP contribution in [0.15, 0.2) is 59.5 Å². The van der Waals surface area contributed by atoms with Crippen LogP contribution in [0.4, 0.5) is 4.79 Å². The van der Waals surface area contributed by atoms with Gasteiger partial charge in [0.05, 0.1) is 10.8 Å². The first-order chi connectivity index (χ1) is 21.1. The number of piperidine rings is 1. The number of benzene rings is 3. The number of hydrogen-bond acceptors (Lipinski definition) is 6. The van der Waals surface area contributed by atoms with Gasteiger partial charge in [0.25, 0.3) is 11.1 Å². The Morgan fingerprint density at radius 2 is 1.66 bits per heavy atom. The van der Waals surface area contributed by atoms with Gasteiger partial charge in [-0.1, -0.05) is 42.5 Å². The van der Waals surface area contributed by atoms with Crippen molar-refractivity contribution < 1.29 is 28.5 Å². The molecule has 0 aliphatic carbocycles. The Kier molecular flexibility index (Phi) is 8.24. The van der Waals surface area contributed by atoms with Crippen LogP contribution in [0.25, 0.3) is 6.08 Å². The average Bonchev–Trinajstić information content (AvgIpc) is 3.46. The maximum absolute atomic E-state index is 12.0. The Morgan fingerprint density at radius 1 is 0.955 bits per heavy atom. The third kappa shape index (κ3) is 5.97. The molecule has 3 aromatic carbocycles. The highest BCUT2D eigenvalue weighted by atomic mass is 32.2. The predicted molar refractivity (Wildman–Crippen MR) is 174 cm³/mol. The Bertz CT molecular complexity index is 1610. The van der Waals surface area contributed by atoms with Crippen LogP contribution in [0.3, 0.4) is 0 Å². The number of hydrogen-bond donors (Lipinski definition) is 1. The Morgan fingerprint density at radius 3 is 2.32 bits per heavy atom. The molecule has 0 aromatic heterocycles. The largest absolute Gasteiger partial charge is 0.488 e. The third-order valence-corrected chi connectivity index (χ3v) is 10.1. The number of rotatable bonds is 8. The summed E-state index contributed by atoms with van der Waals surface area (Å²) < 4.78 is 13.8. The van der Waals surface area contributed by atoms with Crippen LogP contribution in [0.1, 0.15) is 72.4 Å². The fourth-order valence-electron chi connectivity index (χ4n) is 6.76. The fraction of sp³-hybridized carbons (Fsp3) is 0.389. The smallest absolute Gasteiger partial charge is 0.290 e. The van der Waals surface area contributed by atoms with Crippen molar-refractivity contribution in [1.29, 1.82) is 0 Å². The summed E-state index contributed by atoms with van der Waals surface area (Å²) in [5.74, 6) is 2.47. The van der Waals surface area contributed by atoms with Crippen LogP contribution >= 0.6 is 11.8 Å². The van der Waals surface area contributed by atoms with Gasteiger partial charge in [0.2, 0.25) is 0 Å². The lowest BCUT2D eigenvalue weighted by molar-refractivity contribution is -1.08. The summed E-state index contributed by atoms with van der Waals surface area (Å²) in [6.45, 7) is 14.0. The van der Waals surface area contributed by atoms with Gasteiger partial charge in [0, 0.05) is 18.4 Å². The Labute approximate surface area is 264 Å². The first-order valence-corrected chi connectivity index (χ1v) is 16.3. The second kappa shape index (κ2) is 12.0. The van der Waals surface area contributed by atoms with Gasteiger partial charge in [-0.25, -0.2) is 0 Å². The van der Waals surface area contributed by atoms with E-state index in [4.69, 9.17) is 14.3 Å². The van der Waals surface area contributed by atoms with Crippen molar-refractivity contribution in [3.63, 3.8) is 0 Å². The lowest BCUT2D eigenvalue weighted by Gasteiger charge is -2.42. The van der Waals surface area contributed by atoms with Gasteiger partial charge in [-0.3, -0.25) is 14.9 Å². The molecule has 2 saturated heterocycles. The molecule has 44 heavy (non-hydrogen) atoms. The van der Waals surface area contributed by atoms with E-state index in [1.807, 2.05) is 42.5 Å². The van der Waals surface area contributed by atoms with Crippen LogP contribution in [0.5, 0.6) is 17.2 Å². The highest BCUT2D eigenvalue weighted by molar-refractivity contribution is 8.18. The number of carbonyl (C=O) groups is 2. The van der Waals surface area contributed by atoms with Crippen LogP contribution < -0.4 is 19.6 Å². The SMILES string of the molecule is Cc1c(C)c2c(c(C)c1OCc1ccccc1)[C@H](C[N+]1(Oc3ccc(C=C4SC(=O)NC4=O)cc3)CCCCC1)C(C)(C)O2. The summed E-state index contributed by atoms with van der Waals surface area (Å²) in [5.41, 5.74) is 6.21. The summed E-state index contributed by atoms with van der Waals surface area (Å²) in [5, 5.41) is 1.97. The minimum Gasteiger partial charge on any atom is -0.488 e. The minimum atomic E-state index is -0.415. The molecule has 0 radical (unpaired) electrons. The van der Waals surface area contributed by atoms with E-state index < -0.39 is 5.60 Å². The molecule has 2 fully saturated rings. The van der Waals surface area contributed by atoms with E-state index in [9.17, 15) is 9.59 Å². The number of ether oxygens (including phenoxy) is 2. The summed E-state index contributed by atoms with van der Waals surface area (Å²) in [4.78, 5) is 30.8. The van der Waals surface area contributed by atoms with Gasteiger partial charge >= 0.3 is 0 Å². The second-order valence-corrected chi connectivity index (χ2v) is 13.8. The number of thioether (sulfide) groups is 1. The molecule has 8 heteroatoms. The van der Waals surface area contributed by atoms with Crippen molar-refractivity contribution in [2.75, 3.05) is 19.6 Å². The van der Waals surface area contributed by atoms with Crippen molar-refractivity contribution in [3.8, 4) is 17.2 Å². The van der Waals surface area contributed by atoms with E-state index in [0.29, 0.717) is 16.2 Å². The first kappa shape index (κ1) is 30.3. The summed E-state index contributed by atoms with van der Waals surface area (Å²) in [6.07, 6.45) is 5.13. The average molecular weight is 614 g/mol. The molecule has 3 aromatic rings. The molecule has 0 spiro atoms. The number of imide groups is 1. The van der Waals surface area contributed by atoms with Crippen molar-refractivity contribution in [3.05, 3.63) is 92.9 Å². The number of hydroxylamine groups is 3. The van der Waals surface area contributed by atoms with Crippen molar-refractivity contribution >= 4 is 29.0 Å². The monoisotopic (exact) mass is 613 g/mol. The molecular weight excluding hydrogens is 572 g/mol. The van der Waals surface area contributed by atoms with Crippen molar-refractivity contribution in [1.82, 2.24) is 5.32 Å². The molecular formula is C36H41N2O5S+.